The van der Waals surface area contributed by atoms with Crippen molar-refractivity contribution in [2.24, 2.45) is 22.2 Å². The normalized spacial score (nSPS) is 37.2. The van der Waals surface area contributed by atoms with Gasteiger partial charge in [0, 0.05) is 18.3 Å². The van der Waals surface area contributed by atoms with Crippen molar-refractivity contribution in [1.82, 2.24) is 5.32 Å². The van der Waals surface area contributed by atoms with Crippen molar-refractivity contribution < 1.29 is 0 Å². The number of rotatable bonds is 2. The first-order valence-electron chi connectivity index (χ1n) is 6.40. The largest absolute Gasteiger partial charge is 0.362 e. The molecule has 1 saturated carbocycles. The van der Waals surface area contributed by atoms with Crippen LogP contribution in [0.25, 0.3) is 0 Å². The van der Waals surface area contributed by atoms with Gasteiger partial charge in [0.2, 0.25) is 0 Å². The van der Waals surface area contributed by atoms with Crippen LogP contribution in [0.2, 0.25) is 0 Å². The highest BCUT2D eigenvalue weighted by Crippen LogP contribution is 2.38. The summed E-state index contributed by atoms with van der Waals surface area (Å²) < 4.78 is 0. The van der Waals surface area contributed by atoms with Gasteiger partial charge in [-0.2, -0.15) is 0 Å². The fourth-order valence-corrected chi connectivity index (χ4v) is 3.07. The number of nitrogens with one attached hydrogen (secondary N) is 1. The van der Waals surface area contributed by atoms with Crippen LogP contribution in [-0.2, 0) is 0 Å². The third-order valence-electron chi connectivity index (χ3n) is 3.73. The number of aliphatic imine (C=N–C) groups is 1. The van der Waals surface area contributed by atoms with Crippen LogP contribution < -0.4 is 5.32 Å². The van der Waals surface area contributed by atoms with E-state index in [9.17, 15) is 0 Å². The number of nitrogens with zero attached hydrogens (tertiary/aromatic N) is 1. The summed E-state index contributed by atoms with van der Waals surface area (Å²) in [5.41, 5.74) is 0.342. The predicted octanol–water partition coefficient (Wildman–Crippen LogP) is 3.14. The van der Waals surface area contributed by atoms with E-state index in [0.29, 0.717) is 11.5 Å². The number of amidine groups is 1. The van der Waals surface area contributed by atoms with Crippen molar-refractivity contribution in [1.29, 1.82) is 0 Å². The lowest BCUT2D eigenvalue weighted by Gasteiger charge is -2.35. The van der Waals surface area contributed by atoms with E-state index in [1.165, 1.54) is 23.8 Å². The summed E-state index contributed by atoms with van der Waals surface area (Å²) in [5.74, 6) is 3.00. The Morgan fingerprint density at radius 1 is 1.44 bits per heavy atom. The molecular formula is C13H24N2S. The molecule has 2 fully saturated rings. The van der Waals surface area contributed by atoms with Gasteiger partial charge < -0.3 is 5.32 Å². The van der Waals surface area contributed by atoms with E-state index in [1.807, 2.05) is 11.8 Å². The Bertz CT molecular complexity index is 280. The monoisotopic (exact) mass is 240 g/mol. The third-order valence-corrected chi connectivity index (χ3v) is 4.69. The molecule has 16 heavy (non-hydrogen) atoms. The fraction of sp³-hybridized carbons (Fsp3) is 0.923. The minimum Gasteiger partial charge on any atom is -0.362 e. The molecule has 0 radical (unpaired) electrons. The molecule has 0 aromatic carbocycles. The molecule has 1 heterocycles. The van der Waals surface area contributed by atoms with Crippen LogP contribution in [0.5, 0.6) is 0 Å². The van der Waals surface area contributed by atoms with E-state index in [2.05, 4.69) is 33.0 Å². The van der Waals surface area contributed by atoms with Crippen LogP contribution in [0.1, 0.15) is 40.5 Å². The minimum absolute atomic E-state index is 0.342. The molecule has 1 N–H and O–H groups in total. The molecule has 3 unspecified atom stereocenters. The average molecular weight is 240 g/mol. The Hall–Kier alpha value is -0.180. The molecule has 3 atom stereocenters. The molecule has 1 aliphatic carbocycles. The second-order valence-corrected chi connectivity index (χ2v) is 7.40. The molecule has 1 aliphatic heterocycles. The highest BCUT2D eigenvalue weighted by Gasteiger charge is 2.33. The van der Waals surface area contributed by atoms with Crippen molar-refractivity contribution >= 4 is 16.9 Å². The lowest BCUT2D eigenvalue weighted by molar-refractivity contribution is 0.290. The van der Waals surface area contributed by atoms with E-state index < -0.39 is 0 Å². The molecule has 0 aromatic rings. The summed E-state index contributed by atoms with van der Waals surface area (Å²) in [6, 6.07) is 0.587. The third kappa shape index (κ3) is 3.16. The zero-order valence-corrected chi connectivity index (χ0v) is 11.7. The summed E-state index contributed by atoms with van der Waals surface area (Å²) in [6.07, 6.45) is 2.64. The van der Waals surface area contributed by atoms with Crippen LogP contribution in [-0.4, -0.2) is 23.5 Å². The van der Waals surface area contributed by atoms with Crippen LogP contribution in [0, 0.1) is 17.3 Å². The van der Waals surface area contributed by atoms with Gasteiger partial charge in [-0.05, 0) is 30.1 Å². The zero-order chi connectivity index (χ0) is 11.8. The Morgan fingerprint density at radius 2 is 2.12 bits per heavy atom. The van der Waals surface area contributed by atoms with E-state index in [1.54, 1.807) is 0 Å². The molecule has 92 valence electrons. The summed E-state index contributed by atoms with van der Waals surface area (Å²) in [6.45, 7) is 10.3. The van der Waals surface area contributed by atoms with Gasteiger partial charge in [0.1, 0.15) is 0 Å². The minimum atomic E-state index is 0.342. The summed E-state index contributed by atoms with van der Waals surface area (Å²) >= 11 is 1.89. The summed E-state index contributed by atoms with van der Waals surface area (Å²) in [7, 11) is 0. The Kier molecular flexibility index (Phi) is 3.53. The lowest BCUT2D eigenvalue weighted by Crippen LogP contribution is -2.46. The molecule has 2 rings (SSSR count). The van der Waals surface area contributed by atoms with Crippen molar-refractivity contribution in [3.63, 3.8) is 0 Å². The Labute approximate surface area is 104 Å². The highest BCUT2D eigenvalue weighted by molar-refractivity contribution is 8.13. The van der Waals surface area contributed by atoms with E-state index >= 15 is 0 Å². The van der Waals surface area contributed by atoms with E-state index in [-0.39, 0.29) is 0 Å². The maximum Gasteiger partial charge on any atom is 0.156 e. The van der Waals surface area contributed by atoms with E-state index in [0.717, 1.165) is 18.4 Å². The maximum atomic E-state index is 4.73. The second kappa shape index (κ2) is 4.59. The van der Waals surface area contributed by atoms with Gasteiger partial charge in [-0.3, -0.25) is 4.99 Å². The van der Waals surface area contributed by atoms with Crippen molar-refractivity contribution in [2.45, 2.75) is 46.6 Å². The summed E-state index contributed by atoms with van der Waals surface area (Å²) in [5, 5.41) is 4.79. The SMILES string of the molecule is CC1CC1CN=C1NC(C(C)(C)C)CCS1. The molecule has 0 bridgehead atoms. The molecule has 0 aromatic heterocycles. The molecule has 0 spiro atoms. The van der Waals surface area contributed by atoms with Gasteiger partial charge in [0.25, 0.3) is 0 Å². The molecule has 1 saturated heterocycles. The molecule has 3 heteroatoms. The molecule has 2 nitrogen and oxygen atoms in total. The molecular weight excluding hydrogens is 216 g/mol. The van der Waals surface area contributed by atoms with Gasteiger partial charge in [0.05, 0.1) is 0 Å². The first-order valence-corrected chi connectivity index (χ1v) is 7.39. The topological polar surface area (TPSA) is 24.4 Å². The standard InChI is InChI=1S/C13H24N2S/c1-9-7-10(9)8-14-12-15-11(5-6-16-12)13(2,3)4/h9-11H,5-8H2,1-4H3,(H,14,15). The Balaban J connectivity index is 1.86. The number of thioether (sulfide) groups is 1. The quantitative estimate of drug-likeness (QED) is 0.802. The van der Waals surface area contributed by atoms with Gasteiger partial charge in [0.15, 0.2) is 5.17 Å². The van der Waals surface area contributed by atoms with Crippen molar-refractivity contribution in [3.05, 3.63) is 0 Å². The first-order chi connectivity index (χ1) is 7.47. The van der Waals surface area contributed by atoms with Crippen LogP contribution in [0.4, 0.5) is 0 Å². The average Bonchev–Trinajstić information content (AvgIpc) is 2.91. The first kappa shape index (κ1) is 12.3. The molecule has 2 aliphatic rings. The predicted molar refractivity (Wildman–Crippen MR) is 73.0 cm³/mol. The van der Waals surface area contributed by atoms with Gasteiger partial charge in [-0.25, -0.2) is 0 Å². The Morgan fingerprint density at radius 3 is 2.69 bits per heavy atom. The van der Waals surface area contributed by atoms with E-state index in [4.69, 9.17) is 4.99 Å². The van der Waals surface area contributed by atoms with Crippen LogP contribution in [0.3, 0.4) is 0 Å². The smallest absolute Gasteiger partial charge is 0.156 e. The zero-order valence-electron chi connectivity index (χ0n) is 10.9. The van der Waals surface area contributed by atoms with Gasteiger partial charge in [-0.1, -0.05) is 39.5 Å². The van der Waals surface area contributed by atoms with Crippen LogP contribution in [0.15, 0.2) is 4.99 Å². The molecule has 0 amide bonds. The van der Waals surface area contributed by atoms with Crippen molar-refractivity contribution in [3.8, 4) is 0 Å². The highest BCUT2D eigenvalue weighted by atomic mass is 32.2. The maximum absolute atomic E-state index is 4.73. The van der Waals surface area contributed by atoms with Gasteiger partial charge >= 0.3 is 0 Å². The lowest BCUT2D eigenvalue weighted by atomic mass is 9.85. The van der Waals surface area contributed by atoms with Crippen molar-refractivity contribution in [2.75, 3.05) is 12.3 Å². The number of hydrogen-bond donors (Lipinski definition) is 1. The second-order valence-electron chi connectivity index (χ2n) is 6.32. The van der Waals surface area contributed by atoms with Crippen LogP contribution >= 0.6 is 11.8 Å². The fourth-order valence-electron chi connectivity index (χ4n) is 2.13. The number of hydrogen-bond acceptors (Lipinski definition) is 2. The summed E-state index contributed by atoms with van der Waals surface area (Å²) in [4.78, 5) is 4.73. The van der Waals surface area contributed by atoms with Gasteiger partial charge in [-0.15, -0.1) is 0 Å².